The molecule has 1 aliphatic heterocycles. The van der Waals surface area contributed by atoms with Gasteiger partial charge < -0.3 is 5.11 Å². The Hall–Kier alpha value is -0.730. The van der Waals surface area contributed by atoms with Crippen molar-refractivity contribution in [2.45, 2.75) is 33.2 Å². The molecule has 1 aliphatic rings. The zero-order valence-electron chi connectivity index (χ0n) is 10.5. The second-order valence-electron chi connectivity index (χ2n) is 5.73. The van der Waals surface area contributed by atoms with E-state index < -0.39 is 0 Å². The summed E-state index contributed by atoms with van der Waals surface area (Å²) in [6.45, 7) is 7.89. The fourth-order valence-electron chi connectivity index (χ4n) is 2.22. The monoisotopic (exact) mass is 253 g/mol. The number of hydrogen-bond acceptors (Lipinski definition) is 2. The number of halogens is 1. The predicted octanol–water partition coefficient (Wildman–Crippen LogP) is 3.67. The number of hydrogen-bond donors (Lipinski definition) is 1. The molecule has 0 radical (unpaired) electrons. The van der Waals surface area contributed by atoms with Gasteiger partial charge in [0, 0.05) is 6.54 Å². The van der Waals surface area contributed by atoms with E-state index in [1.807, 2.05) is 12.1 Å². The van der Waals surface area contributed by atoms with Crippen LogP contribution in [0.25, 0.3) is 0 Å². The molecule has 0 aliphatic carbocycles. The maximum absolute atomic E-state index is 9.37. The number of likely N-dealkylation sites (tertiary alicyclic amines) is 1. The lowest BCUT2D eigenvalue weighted by molar-refractivity contribution is 0.127. The van der Waals surface area contributed by atoms with Gasteiger partial charge in [0.1, 0.15) is 5.75 Å². The van der Waals surface area contributed by atoms with Crippen LogP contribution >= 0.6 is 11.6 Å². The van der Waals surface area contributed by atoms with Crippen molar-refractivity contribution in [3.8, 4) is 5.75 Å². The Morgan fingerprint density at radius 3 is 2.53 bits per heavy atom. The van der Waals surface area contributed by atoms with E-state index >= 15 is 0 Å². The van der Waals surface area contributed by atoms with Crippen molar-refractivity contribution in [1.29, 1.82) is 0 Å². The highest BCUT2D eigenvalue weighted by molar-refractivity contribution is 6.32. The maximum Gasteiger partial charge on any atom is 0.134 e. The quantitative estimate of drug-likeness (QED) is 0.869. The van der Waals surface area contributed by atoms with Gasteiger partial charge in [0.25, 0.3) is 0 Å². The molecule has 0 atom stereocenters. The van der Waals surface area contributed by atoms with Gasteiger partial charge in [-0.25, -0.2) is 0 Å². The fourth-order valence-corrected chi connectivity index (χ4v) is 2.43. The van der Waals surface area contributed by atoms with Gasteiger partial charge in [-0.05, 0) is 49.0 Å². The summed E-state index contributed by atoms with van der Waals surface area (Å²) >= 11 is 5.91. The molecule has 2 rings (SSSR count). The minimum Gasteiger partial charge on any atom is -0.506 e. The summed E-state index contributed by atoms with van der Waals surface area (Å²) in [5.74, 6) is 0.162. The molecule has 1 fully saturated rings. The third-order valence-electron chi connectivity index (χ3n) is 3.63. The maximum atomic E-state index is 9.37. The molecule has 1 saturated heterocycles. The van der Waals surface area contributed by atoms with Crippen LogP contribution in [0.15, 0.2) is 18.2 Å². The number of aromatic hydroxyl groups is 1. The second-order valence-corrected chi connectivity index (χ2v) is 6.13. The molecule has 1 aromatic rings. The van der Waals surface area contributed by atoms with Gasteiger partial charge in [-0.2, -0.15) is 0 Å². The Bertz CT molecular complexity index is 393. The first-order chi connectivity index (χ1) is 7.96. The van der Waals surface area contributed by atoms with Crippen LogP contribution in [0.5, 0.6) is 5.75 Å². The van der Waals surface area contributed by atoms with Crippen LogP contribution in [0.2, 0.25) is 5.02 Å². The average molecular weight is 254 g/mol. The molecule has 1 N–H and O–H groups in total. The van der Waals surface area contributed by atoms with Gasteiger partial charge in [-0.15, -0.1) is 0 Å². The highest BCUT2D eigenvalue weighted by atomic mass is 35.5. The molecule has 2 nitrogen and oxygen atoms in total. The van der Waals surface area contributed by atoms with E-state index in [1.165, 1.54) is 18.4 Å². The smallest absolute Gasteiger partial charge is 0.134 e. The van der Waals surface area contributed by atoms with Gasteiger partial charge in [0.15, 0.2) is 0 Å². The summed E-state index contributed by atoms with van der Waals surface area (Å²) in [7, 11) is 0. The molecule has 0 saturated carbocycles. The van der Waals surface area contributed by atoms with Gasteiger partial charge in [0.2, 0.25) is 0 Å². The van der Waals surface area contributed by atoms with Gasteiger partial charge in [0.05, 0.1) is 5.02 Å². The highest BCUT2D eigenvalue weighted by Gasteiger charge is 2.25. The standard InChI is InChI=1S/C14H20ClNO/c1-14(2)5-7-16(8-6-14)10-11-3-4-13(17)12(15)9-11/h3-4,9,17H,5-8,10H2,1-2H3. The van der Waals surface area contributed by atoms with Crippen molar-refractivity contribution in [2.75, 3.05) is 13.1 Å². The number of phenols is 1. The minimum atomic E-state index is 0.162. The van der Waals surface area contributed by atoms with Crippen molar-refractivity contribution in [1.82, 2.24) is 4.90 Å². The van der Waals surface area contributed by atoms with E-state index in [4.69, 9.17) is 11.6 Å². The molecule has 94 valence electrons. The van der Waals surface area contributed by atoms with Crippen LogP contribution in [0.3, 0.4) is 0 Å². The summed E-state index contributed by atoms with van der Waals surface area (Å²) in [5, 5.41) is 9.82. The first-order valence-corrected chi connectivity index (χ1v) is 6.54. The summed E-state index contributed by atoms with van der Waals surface area (Å²) in [5.41, 5.74) is 1.66. The summed E-state index contributed by atoms with van der Waals surface area (Å²) in [6, 6.07) is 5.48. The zero-order valence-corrected chi connectivity index (χ0v) is 11.3. The van der Waals surface area contributed by atoms with E-state index in [2.05, 4.69) is 18.7 Å². The van der Waals surface area contributed by atoms with Crippen LogP contribution in [0.1, 0.15) is 32.3 Å². The van der Waals surface area contributed by atoms with Crippen molar-refractivity contribution >= 4 is 11.6 Å². The lowest BCUT2D eigenvalue weighted by atomic mass is 9.82. The number of benzene rings is 1. The van der Waals surface area contributed by atoms with Gasteiger partial charge in [-0.3, -0.25) is 4.90 Å². The van der Waals surface area contributed by atoms with Crippen molar-refractivity contribution in [2.24, 2.45) is 5.41 Å². The number of phenolic OH excluding ortho intramolecular Hbond substituents is 1. The van der Waals surface area contributed by atoms with Crippen LogP contribution < -0.4 is 0 Å². The molecular formula is C14H20ClNO. The molecule has 1 aromatic carbocycles. The molecule has 0 unspecified atom stereocenters. The van der Waals surface area contributed by atoms with Crippen molar-refractivity contribution in [3.05, 3.63) is 28.8 Å². The third kappa shape index (κ3) is 3.36. The largest absolute Gasteiger partial charge is 0.506 e. The summed E-state index contributed by atoms with van der Waals surface area (Å²) in [4.78, 5) is 2.45. The Kier molecular flexibility index (Phi) is 3.64. The Labute approximate surface area is 108 Å². The van der Waals surface area contributed by atoms with Gasteiger partial charge in [-0.1, -0.05) is 31.5 Å². The Balaban J connectivity index is 1.95. The van der Waals surface area contributed by atoms with Crippen LogP contribution in [0.4, 0.5) is 0 Å². The molecule has 0 aromatic heterocycles. The predicted molar refractivity (Wildman–Crippen MR) is 71.4 cm³/mol. The first kappa shape index (κ1) is 12.7. The highest BCUT2D eigenvalue weighted by Crippen LogP contribution is 2.31. The molecular weight excluding hydrogens is 234 g/mol. The molecule has 0 amide bonds. The average Bonchev–Trinajstić information content (AvgIpc) is 2.27. The lowest BCUT2D eigenvalue weighted by Crippen LogP contribution is -2.36. The van der Waals surface area contributed by atoms with Crippen LogP contribution in [0, 0.1) is 5.41 Å². The van der Waals surface area contributed by atoms with E-state index in [-0.39, 0.29) is 5.75 Å². The van der Waals surface area contributed by atoms with Crippen molar-refractivity contribution in [3.63, 3.8) is 0 Å². The number of nitrogens with zero attached hydrogens (tertiary/aromatic N) is 1. The fraction of sp³-hybridized carbons (Fsp3) is 0.571. The van der Waals surface area contributed by atoms with Crippen LogP contribution in [-0.2, 0) is 6.54 Å². The first-order valence-electron chi connectivity index (χ1n) is 6.16. The molecule has 17 heavy (non-hydrogen) atoms. The van der Waals surface area contributed by atoms with Crippen LogP contribution in [-0.4, -0.2) is 23.1 Å². The minimum absolute atomic E-state index is 0.162. The van der Waals surface area contributed by atoms with E-state index in [0.717, 1.165) is 19.6 Å². The summed E-state index contributed by atoms with van der Waals surface area (Å²) in [6.07, 6.45) is 2.50. The molecule has 3 heteroatoms. The number of rotatable bonds is 2. The number of piperidine rings is 1. The second kappa shape index (κ2) is 4.87. The van der Waals surface area contributed by atoms with Crippen molar-refractivity contribution < 1.29 is 5.11 Å². The molecule has 1 heterocycles. The molecule has 0 bridgehead atoms. The van der Waals surface area contributed by atoms with E-state index in [1.54, 1.807) is 6.07 Å². The lowest BCUT2D eigenvalue weighted by Gasteiger charge is -2.36. The molecule has 0 spiro atoms. The Morgan fingerprint density at radius 2 is 1.94 bits per heavy atom. The van der Waals surface area contributed by atoms with Gasteiger partial charge >= 0.3 is 0 Å². The summed E-state index contributed by atoms with van der Waals surface area (Å²) < 4.78 is 0. The third-order valence-corrected chi connectivity index (χ3v) is 3.93. The Morgan fingerprint density at radius 1 is 1.29 bits per heavy atom. The zero-order chi connectivity index (χ0) is 12.5. The SMILES string of the molecule is CC1(C)CCN(Cc2ccc(O)c(Cl)c2)CC1. The topological polar surface area (TPSA) is 23.5 Å². The normalized spacial score (nSPS) is 20.4. The van der Waals surface area contributed by atoms with E-state index in [9.17, 15) is 5.11 Å². The van der Waals surface area contributed by atoms with E-state index in [0.29, 0.717) is 10.4 Å².